The topological polar surface area (TPSA) is 72.9 Å². The molecule has 3 rings (SSSR count). The van der Waals surface area contributed by atoms with Crippen LogP contribution in [0.1, 0.15) is 6.92 Å². The summed E-state index contributed by atoms with van der Waals surface area (Å²) in [4.78, 5) is 12.2. The normalized spacial score (nSPS) is 11.2. The van der Waals surface area contributed by atoms with Gasteiger partial charge in [0, 0.05) is 0 Å². The Morgan fingerprint density at radius 2 is 1.64 bits per heavy atom. The molecule has 0 saturated carbocycles. The molecule has 28 heavy (non-hydrogen) atoms. The molecule has 6 nitrogen and oxygen atoms in total. The molecular formula is C21H21NO5S. The number of anilines is 1. The fourth-order valence-electron chi connectivity index (χ4n) is 2.91. The monoisotopic (exact) mass is 399 g/mol. The molecule has 0 aliphatic rings. The Morgan fingerprint density at radius 1 is 0.964 bits per heavy atom. The molecule has 0 atom stereocenters. The second kappa shape index (κ2) is 8.31. The van der Waals surface area contributed by atoms with Gasteiger partial charge in [0.1, 0.15) is 12.3 Å². The minimum Gasteiger partial charge on any atom is -0.495 e. The lowest BCUT2D eigenvalue weighted by atomic mass is 10.1. The number of carbonyl (C=O) groups is 1. The molecular weight excluding hydrogens is 378 g/mol. The third kappa shape index (κ3) is 3.94. The molecule has 0 aliphatic heterocycles. The van der Waals surface area contributed by atoms with E-state index in [0.717, 1.165) is 15.1 Å². The maximum Gasteiger partial charge on any atom is 0.326 e. The van der Waals surface area contributed by atoms with Gasteiger partial charge < -0.3 is 9.47 Å². The summed E-state index contributed by atoms with van der Waals surface area (Å²) < 4.78 is 38.2. The maximum absolute atomic E-state index is 13.4. The van der Waals surface area contributed by atoms with E-state index in [0.29, 0.717) is 5.75 Å². The van der Waals surface area contributed by atoms with Gasteiger partial charge in [0.15, 0.2) is 0 Å². The van der Waals surface area contributed by atoms with E-state index < -0.39 is 22.5 Å². The van der Waals surface area contributed by atoms with E-state index >= 15 is 0 Å². The number of para-hydroxylation sites is 2. The number of hydrogen-bond donors (Lipinski definition) is 0. The number of methoxy groups -OCH3 is 1. The smallest absolute Gasteiger partial charge is 0.326 e. The van der Waals surface area contributed by atoms with Crippen LogP contribution >= 0.6 is 0 Å². The fraction of sp³-hybridized carbons (Fsp3) is 0.190. The van der Waals surface area contributed by atoms with Crippen LogP contribution in [0.5, 0.6) is 5.75 Å². The molecule has 0 fully saturated rings. The number of nitrogens with zero attached hydrogens (tertiary/aromatic N) is 1. The number of sulfonamides is 1. The van der Waals surface area contributed by atoms with Gasteiger partial charge in [-0.25, -0.2) is 8.42 Å². The average molecular weight is 399 g/mol. The molecule has 0 spiro atoms. The largest absolute Gasteiger partial charge is 0.495 e. The number of benzene rings is 3. The van der Waals surface area contributed by atoms with Crippen molar-refractivity contribution in [1.29, 1.82) is 0 Å². The molecule has 0 N–H and O–H groups in total. The third-order valence-electron chi connectivity index (χ3n) is 4.24. The van der Waals surface area contributed by atoms with E-state index in [1.54, 1.807) is 43.3 Å². The van der Waals surface area contributed by atoms with Crippen molar-refractivity contribution in [3.05, 3.63) is 66.7 Å². The quantitative estimate of drug-likeness (QED) is 0.568. The van der Waals surface area contributed by atoms with Gasteiger partial charge in [-0.3, -0.25) is 9.10 Å². The molecule has 146 valence electrons. The lowest BCUT2D eigenvalue weighted by Crippen LogP contribution is -2.36. The molecule has 7 heteroatoms. The molecule has 0 aliphatic carbocycles. The maximum atomic E-state index is 13.4. The zero-order chi connectivity index (χ0) is 20.1. The number of ether oxygens (including phenoxy) is 2. The van der Waals surface area contributed by atoms with Gasteiger partial charge in [0.2, 0.25) is 0 Å². The van der Waals surface area contributed by atoms with Crippen LogP contribution < -0.4 is 9.04 Å². The molecule has 0 amide bonds. The Bertz CT molecular complexity index is 1090. The van der Waals surface area contributed by atoms with Gasteiger partial charge in [-0.15, -0.1) is 0 Å². The molecule has 0 radical (unpaired) electrons. The van der Waals surface area contributed by atoms with Gasteiger partial charge in [-0.1, -0.05) is 42.5 Å². The summed E-state index contributed by atoms with van der Waals surface area (Å²) >= 11 is 0. The number of carbonyl (C=O) groups excluding carboxylic acids is 1. The van der Waals surface area contributed by atoms with Crippen molar-refractivity contribution in [3.63, 3.8) is 0 Å². The van der Waals surface area contributed by atoms with E-state index in [-0.39, 0.29) is 17.2 Å². The van der Waals surface area contributed by atoms with Crippen molar-refractivity contribution in [2.75, 3.05) is 24.6 Å². The van der Waals surface area contributed by atoms with E-state index in [1.807, 2.05) is 24.3 Å². The van der Waals surface area contributed by atoms with Crippen LogP contribution in [-0.2, 0) is 19.6 Å². The number of esters is 1. The van der Waals surface area contributed by atoms with Gasteiger partial charge in [0.05, 0.1) is 24.3 Å². The predicted octanol–water partition coefficient (Wildman–Crippen LogP) is 3.61. The second-order valence-corrected chi connectivity index (χ2v) is 7.86. The average Bonchev–Trinajstić information content (AvgIpc) is 2.71. The minimum atomic E-state index is -4.04. The summed E-state index contributed by atoms with van der Waals surface area (Å²) in [5, 5.41) is 1.72. The molecule has 3 aromatic carbocycles. The highest BCUT2D eigenvalue weighted by molar-refractivity contribution is 7.92. The van der Waals surface area contributed by atoms with Gasteiger partial charge in [-0.05, 0) is 42.0 Å². The zero-order valence-corrected chi connectivity index (χ0v) is 16.5. The van der Waals surface area contributed by atoms with Gasteiger partial charge >= 0.3 is 5.97 Å². The summed E-state index contributed by atoms with van der Waals surface area (Å²) in [6, 6.07) is 19.0. The standard InChI is InChI=1S/C21H21NO5S/c1-3-27-21(23)15-22(19-10-6-7-11-20(19)26-2)28(24,25)18-13-12-16-8-4-5-9-17(16)14-18/h4-14H,3,15H2,1-2H3. The van der Waals surface area contributed by atoms with Crippen molar-refractivity contribution in [2.24, 2.45) is 0 Å². The Morgan fingerprint density at radius 3 is 2.36 bits per heavy atom. The first-order chi connectivity index (χ1) is 13.5. The molecule has 0 bridgehead atoms. The van der Waals surface area contributed by atoms with Crippen LogP contribution in [0.3, 0.4) is 0 Å². The Labute approximate surface area is 164 Å². The van der Waals surface area contributed by atoms with E-state index in [9.17, 15) is 13.2 Å². The van der Waals surface area contributed by atoms with Crippen molar-refractivity contribution in [3.8, 4) is 5.75 Å². The van der Waals surface area contributed by atoms with Crippen molar-refractivity contribution >= 4 is 32.5 Å². The Balaban J connectivity index is 2.12. The summed E-state index contributed by atoms with van der Waals surface area (Å²) in [5.74, 6) is -0.297. The fourth-order valence-corrected chi connectivity index (χ4v) is 4.37. The number of rotatable bonds is 7. The summed E-state index contributed by atoms with van der Waals surface area (Å²) in [6.45, 7) is 1.38. The summed E-state index contributed by atoms with van der Waals surface area (Å²) in [7, 11) is -2.59. The van der Waals surface area contributed by atoms with Crippen molar-refractivity contribution in [1.82, 2.24) is 0 Å². The molecule has 0 aromatic heterocycles. The van der Waals surface area contributed by atoms with E-state index in [4.69, 9.17) is 9.47 Å². The first kappa shape index (κ1) is 19.7. The lowest BCUT2D eigenvalue weighted by molar-refractivity contribution is -0.141. The Kier molecular flexibility index (Phi) is 5.84. The third-order valence-corrected chi connectivity index (χ3v) is 6.00. The highest BCUT2D eigenvalue weighted by Crippen LogP contribution is 2.33. The predicted molar refractivity (Wildman–Crippen MR) is 108 cm³/mol. The molecule has 0 unspecified atom stereocenters. The van der Waals surface area contributed by atoms with Crippen molar-refractivity contribution in [2.45, 2.75) is 11.8 Å². The molecule has 0 saturated heterocycles. The second-order valence-electron chi connectivity index (χ2n) is 6.00. The van der Waals surface area contributed by atoms with Gasteiger partial charge in [0.25, 0.3) is 10.0 Å². The summed E-state index contributed by atoms with van der Waals surface area (Å²) in [6.07, 6.45) is 0. The zero-order valence-electron chi connectivity index (χ0n) is 15.7. The van der Waals surface area contributed by atoms with Crippen LogP contribution in [0, 0.1) is 0 Å². The van der Waals surface area contributed by atoms with Crippen LogP contribution in [0.4, 0.5) is 5.69 Å². The van der Waals surface area contributed by atoms with Gasteiger partial charge in [-0.2, -0.15) is 0 Å². The number of hydrogen-bond acceptors (Lipinski definition) is 5. The summed E-state index contributed by atoms with van der Waals surface area (Å²) in [5.41, 5.74) is 0.270. The van der Waals surface area contributed by atoms with Crippen LogP contribution in [0.15, 0.2) is 71.6 Å². The number of fused-ring (bicyclic) bond motifs is 1. The SMILES string of the molecule is CCOC(=O)CN(c1ccccc1OC)S(=O)(=O)c1ccc2ccccc2c1. The molecule has 0 heterocycles. The first-order valence-corrected chi connectivity index (χ1v) is 10.2. The van der Waals surface area contributed by atoms with Crippen LogP contribution in [0.25, 0.3) is 10.8 Å². The highest BCUT2D eigenvalue weighted by Gasteiger charge is 2.30. The van der Waals surface area contributed by atoms with E-state index in [1.165, 1.54) is 13.2 Å². The minimum absolute atomic E-state index is 0.0846. The lowest BCUT2D eigenvalue weighted by Gasteiger charge is -2.25. The first-order valence-electron chi connectivity index (χ1n) is 8.77. The van der Waals surface area contributed by atoms with Crippen LogP contribution in [-0.4, -0.2) is 34.6 Å². The Hall–Kier alpha value is -3.06. The van der Waals surface area contributed by atoms with E-state index in [2.05, 4.69) is 0 Å². The van der Waals surface area contributed by atoms with Crippen LogP contribution in [0.2, 0.25) is 0 Å². The highest BCUT2D eigenvalue weighted by atomic mass is 32.2. The molecule has 3 aromatic rings. The van der Waals surface area contributed by atoms with Crippen molar-refractivity contribution < 1.29 is 22.7 Å².